The van der Waals surface area contributed by atoms with Crippen molar-refractivity contribution < 1.29 is 9.53 Å². The number of nitrogens with zero attached hydrogens (tertiary/aromatic N) is 3. The van der Waals surface area contributed by atoms with Crippen LogP contribution in [0.5, 0.6) is 5.75 Å². The first-order valence-corrected chi connectivity index (χ1v) is 7.16. The molecule has 0 saturated heterocycles. The van der Waals surface area contributed by atoms with E-state index in [0.717, 1.165) is 16.5 Å². The van der Waals surface area contributed by atoms with Gasteiger partial charge >= 0.3 is 0 Å². The highest BCUT2D eigenvalue weighted by Crippen LogP contribution is 2.27. The van der Waals surface area contributed by atoms with Crippen molar-refractivity contribution >= 4 is 16.7 Å². The topological polar surface area (TPSA) is 67.9 Å². The molecular weight excluding hydrogens is 290 g/mol. The number of hydrogen-bond acceptors (Lipinski definition) is 4. The van der Waals surface area contributed by atoms with Crippen LogP contribution in [0.2, 0.25) is 0 Å². The molecule has 1 atom stereocenters. The number of fused-ring (bicyclic) bond motifs is 1. The van der Waals surface area contributed by atoms with E-state index in [1.54, 1.807) is 37.0 Å². The van der Waals surface area contributed by atoms with E-state index in [4.69, 9.17) is 10.00 Å². The van der Waals surface area contributed by atoms with Gasteiger partial charge in [-0.2, -0.15) is 10.4 Å². The Bertz CT molecular complexity index is 921. The van der Waals surface area contributed by atoms with Crippen molar-refractivity contribution in [2.75, 3.05) is 7.11 Å². The Balaban J connectivity index is 2.15. The number of benzene rings is 2. The fourth-order valence-electron chi connectivity index (χ4n) is 2.69. The molecule has 0 aliphatic heterocycles. The third kappa shape index (κ3) is 2.67. The van der Waals surface area contributed by atoms with E-state index < -0.39 is 6.04 Å². The summed E-state index contributed by atoms with van der Waals surface area (Å²) < 4.78 is 6.93. The molecule has 0 fully saturated rings. The van der Waals surface area contributed by atoms with Gasteiger partial charge in [-0.25, -0.2) is 4.68 Å². The quantitative estimate of drug-likeness (QED) is 0.743. The van der Waals surface area contributed by atoms with Crippen molar-refractivity contribution in [3.8, 4) is 11.8 Å². The van der Waals surface area contributed by atoms with Crippen LogP contribution in [0.1, 0.15) is 24.1 Å². The number of carbonyl (C=O) groups is 1. The first-order chi connectivity index (χ1) is 11.1. The van der Waals surface area contributed by atoms with Crippen LogP contribution in [-0.2, 0) is 4.79 Å². The first kappa shape index (κ1) is 14.8. The molecule has 0 amide bonds. The lowest BCUT2D eigenvalue weighted by Crippen LogP contribution is -2.19. The Morgan fingerprint density at radius 1 is 1.30 bits per heavy atom. The molecule has 0 N–H and O–H groups in total. The summed E-state index contributed by atoms with van der Waals surface area (Å²) in [5, 5.41) is 14.2. The highest BCUT2D eigenvalue weighted by atomic mass is 16.5. The summed E-state index contributed by atoms with van der Waals surface area (Å²) in [5.41, 5.74) is 2.19. The lowest BCUT2D eigenvalue weighted by molar-refractivity contribution is -0.119. The zero-order valence-electron chi connectivity index (χ0n) is 12.9. The van der Waals surface area contributed by atoms with Gasteiger partial charge in [-0.3, -0.25) is 4.79 Å². The monoisotopic (exact) mass is 305 g/mol. The predicted octanol–water partition coefficient (Wildman–Crippen LogP) is 3.09. The highest BCUT2D eigenvalue weighted by Gasteiger charge is 2.22. The van der Waals surface area contributed by atoms with E-state index in [2.05, 4.69) is 11.2 Å². The Hall–Kier alpha value is -3.13. The molecule has 5 nitrogen and oxygen atoms in total. The van der Waals surface area contributed by atoms with Gasteiger partial charge in [0.1, 0.15) is 11.8 Å². The lowest BCUT2D eigenvalue weighted by atomic mass is 10.0. The van der Waals surface area contributed by atoms with Crippen LogP contribution in [0, 0.1) is 11.3 Å². The molecule has 2 aromatic carbocycles. The summed E-state index contributed by atoms with van der Waals surface area (Å²) in [6.45, 7) is 1.54. The summed E-state index contributed by atoms with van der Waals surface area (Å²) in [6, 6.07) is 14.3. The van der Waals surface area contributed by atoms with E-state index in [0.29, 0.717) is 11.3 Å². The van der Waals surface area contributed by atoms with Crippen molar-refractivity contribution in [3.05, 3.63) is 59.8 Å². The second-order valence-corrected chi connectivity index (χ2v) is 5.26. The van der Waals surface area contributed by atoms with Crippen LogP contribution in [0.15, 0.2) is 48.7 Å². The van der Waals surface area contributed by atoms with Gasteiger partial charge in [0.15, 0.2) is 5.78 Å². The summed E-state index contributed by atoms with van der Waals surface area (Å²) in [7, 11) is 1.59. The molecule has 3 aromatic rings. The van der Waals surface area contributed by atoms with Crippen LogP contribution in [0.4, 0.5) is 0 Å². The number of methoxy groups -OCH3 is 1. The van der Waals surface area contributed by atoms with Gasteiger partial charge in [0.05, 0.1) is 30.5 Å². The molecule has 0 aliphatic rings. The normalized spacial score (nSPS) is 11.9. The van der Waals surface area contributed by atoms with Crippen molar-refractivity contribution in [2.24, 2.45) is 0 Å². The van der Waals surface area contributed by atoms with Crippen molar-refractivity contribution in [1.29, 1.82) is 5.26 Å². The largest absolute Gasteiger partial charge is 0.497 e. The number of Topliss-reactive ketones (excluding diaryl/α,β-unsaturated/α-hetero) is 1. The SMILES string of the molecule is COc1cccc(C(C(C)=O)n2ncc3cc(C#N)ccc32)c1. The van der Waals surface area contributed by atoms with Gasteiger partial charge in [0.25, 0.3) is 0 Å². The third-order valence-corrected chi connectivity index (χ3v) is 3.76. The van der Waals surface area contributed by atoms with E-state index in [9.17, 15) is 4.79 Å². The number of hydrogen-bond donors (Lipinski definition) is 0. The van der Waals surface area contributed by atoms with E-state index in [-0.39, 0.29) is 5.78 Å². The summed E-state index contributed by atoms with van der Waals surface area (Å²) in [4.78, 5) is 12.3. The molecule has 1 aromatic heterocycles. The zero-order valence-corrected chi connectivity index (χ0v) is 12.9. The summed E-state index contributed by atoms with van der Waals surface area (Å²) >= 11 is 0. The Morgan fingerprint density at radius 2 is 2.13 bits per heavy atom. The van der Waals surface area contributed by atoms with Gasteiger partial charge in [0, 0.05) is 5.39 Å². The van der Waals surface area contributed by atoms with Crippen molar-refractivity contribution in [1.82, 2.24) is 9.78 Å². The van der Waals surface area contributed by atoms with Gasteiger partial charge < -0.3 is 4.74 Å². The molecule has 0 saturated carbocycles. The van der Waals surface area contributed by atoms with Crippen LogP contribution in [0.25, 0.3) is 10.9 Å². The molecule has 0 aliphatic carbocycles. The summed E-state index contributed by atoms with van der Waals surface area (Å²) in [6.07, 6.45) is 1.67. The summed E-state index contributed by atoms with van der Waals surface area (Å²) in [5.74, 6) is 0.671. The van der Waals surface area contributed by atoms with Gasteiger partial charge in [-0.05, 0) is 42.8 Å². The Kier molecular flexibility index (Phi) is 3.82. The molecule has 0 bridgehead atoms. The Labute approximate surface area is 133 Å². The molecule has 1 unspecified atom stereocenters. The van der Waals surface area contributed by atoms with E-state index in [1.807, 2.05) is 30.3 Å². The number of ketones is 1. The minimum Gasteiger partial charge on any atom is -0.497 e. The fraction of sp³-hybridized carbons (Fsp3) is 0.167. The lowest BCUT2D eigenvalue weighted by Gasteiger charge is -2.17. The molecule has 1 heterocycles. The zero-order chi connectivity index (χ0) is 16.4. The minimum atomic E-state index is -0.532. The highest BCUT2D eigenvalue weighted by molar-refractivity contribution is 5.87. The first-order valence-electron chi connectivity index (χ1n) is 7.16. The minimum absolute atomic E-state index is 0.0207. The Morgan fingerprint density at radius 3 is 2.83 bits per heavy atom. The van der Waals surface area contributed by atoms with Gasteiger partial charge in [-0.15, -0.1) is 0 Å². The molecule has 3 rings (SSSR count). The van der Waals surface area contributed by atoms with Gasteiger partial charge in [0.2, 0.25) is 0 Å². The molecule has 23 heavy (non-hydrogen) atoms. The average molecular weight is 305 g/mol. The number of nitriles is 1. The van der Waals surface area contributed by atoms with Crippen LogP contribution >= 0.6 is 0 Å². The van der Waals surface area contributed by atoms with Crippen LogP contribution in [-0.4, -0.2) is 22.7 Å². The molecule has 114 valence electrons. The van der Waals surface area contributed by atoms with E-state index >= 15 is 0 Å². The molecule has 0 radical (unpaired) electrons. The fourth-order valence-corrected chi connectivity index (χ4v) is 2.69. The smallest absolute Gasteiger partial charge is 0.158 e. The average Bonchev–Trinajstić information content (AvgIpc) is 2.97. The number of ether oxygens (including phenoxy) is 1. The predicted molar refractivity (Wildman–Crippen MR) is 86.3 cm³/mol. The maximum Gasteiger partial charge on any atom is 0.158 e. The van der Waals surface area contributed by atoms with Crippen molar-refractivity contribution in [2.45, 2.75) is 13.0 Å². The van der Waals surface area contributed by atoms with Crippen molar-refractivity contribution in [3.63, 3.8) is 0 Å². The standard InChI is InChI=1S/C18H15N3O2/c1-12(22)18(14-4-3-5-16(9-14)23-2)21-17-7-6-13(10-19)8-15(17)11-20-21/h3-9,11,18H,1-2H3. The second kappa shape index (κ2) is 5.93. The second-order valence-electron chi connectivity index (χ2n) is 5.26. The number of aromatic nitrogens is 2. The number of rotatable bonds is 4. The molecule has 0 spiro atoms. The van der Waals surface area contributed by atoms with Crippen LogP contribution in [0.3, 0.4) is 0 Å². The van der Waals surface area contributed by atoms with Crippen LogP contribution < -0.4 is 4.74 Å². The molecular formula is C18H15N3O2. The van der Waals surface area contributed by atoms with E-state index in [1.165, 1.54) is 0 Å². The molecule has 5 heteroatoms. The van der Waals surface area contributed by atoms with Gasteiger partial charge in [-0.1, -0.05) is 12.1 Å². The third-order valence-electron chi connectivity index (χ3n) is 3.76. The number of carbonyl (C=O) groups excluding carboxylic acids is 1. The maximum absolute atomic E-state index is 12.3. The maximum atomic E-state index is 12.3.